The molecule has 3 atom stereocenters. The number of hydrogen-bond donors (Lipinski definition) is 2. The van der Waals surface area contributed by atoms with Crippen LogP contribution >= 0.6 is 7.82 Å². The minimum absolute atomic E-state index is 0.0113. The number of carbonyl (C=O) groups excluding carboxylic acids is 2. The second-order valence-electron chi connectivity index (χ2n) is 19.7. The van der Waals surface area contributed by atoms with Crippen molar-refractivity contribution in [1.29, 1.82) is 0 Å². The van der Waals surface area contributed by atoms with Gasteiger partial charge in [-0.25, -0.2) is 4.57 Å². The monoisotopic (exact) mass is 1030 g/mol. The Labute approximate surface area is 447 Å². The van der Waals surface area contributed by atoms with Crippen LogP contribution in [0.4, 0.5) is 0 Å². The highest BCUT2D eigenvalue weighted by atomic mass is 31.2. The minimum Gasteiger partial charge on any atom is -0.456 e. The number of allylic oxidation sites excluding steroid dienone is 21. The molecule has 0 radical (unpaired) electrons. The molecule has 0 aliphatic carbocycles. The van der Waals surface area contributed by atoms with Crippen LogP contribution in [0.1, 0.15) is 201 Å². The van der Waals surface area contributed by atoms with Crippen LogP contribution in [0.25, 0.3) is 0 Å². The molecule has 0 saturated carbocycles. The quantitative estimate of drug-likeness (QED) is 0.0205. The number of phosphoric acid groups is 1. The fourth-order valence-electron chi connectivity index (χ4n) is 7.19. The summed E-state index contributed by atoms with van der Waals surface area (Å²) in [7, 11) is 1.40. The molecule has 0 aliphatic heterocycles. The largest absolute Gasteiger partial charge is 0.472 e. The standard InChI is InChI=1S/C63H105N2O7P/c1-7-10-13-16-19-22-25-27-29-31-32-34-36-38-41-44-47-50-53-56-63(67)72-61(54-51-48-45-42-39-24-21-18-15-12-9-3)60(59-71-73(68,69)70-58-57-65(4,5)6)64-62(66)55-52-49-46-43-40-37-35-33-30-28-26-23-20-17-14-11-8-2/h10,13,19-20,22-23,27-30,32,34-35,37-38,41,43,46-47,50-51,54,60-61H,7-9,11-12,14-18,21,24-26,31,33,36,39-40,42,44-45,48-49,52-53,55-59H2,1-6H3,(H-,64,66,68,69)/p+1/b13-10-,22-19-,23-20-,29-27-,30-28-,34-32-,37-35-,41-38-,46-43-,50-47-,54-51+. The van der Waals surface area contributed by atoms with Crippen LogP contribution in [0.5, 0.6) is 0 Å². The van der Waals surface area contributed by atoms with Crippen LogP contribution in [0, 0.1) is 0 Å². The number of carbonyl (C=O) groups is 2. The van der Waals surface area contributed by atoms with E-state index in [0.29, 0.717) is 23.9 Å². The molecule has 0 saturated heterocycles. The third kappa shape index (κ3) is 52.8. The second kappa shape index (κ2) is 51.6. The number of esters is 1. The van der Waals surface area contributed by atoms with E-state index in [-0.39, 0.29) is 32.0 Å². The topological polar surface area (TPSA) is 111 Å². The number of ether oxygens (including phenoxy) is 1. The lowest BCUT2D eigenvalue weighted by atomic mass is 10.1. The van der Waals surface area contributed by atoms with Gasteiger partial charge in [-0.2, -0.15) is 0 Å². The number of nitrogens with zero attached hydrogens (tertiary/aromatic N) is 1. The van der Waals surface area contributed by atoms with E-state index >= 15 is 0 Å². The lowest BCUT2D eigenvalue weighted by Gasteiger charge is -2.27. The first-order chi connectivity index (χ1) is 35.4. The Morgan fingerprint density at radius 1 is 0.493 bits per heavy atom. The molecule has 414 valence electrons. The average Bonchev–Trinajstić information content (AvgIpc) is 3.35. The molecular weight excluding hydrogens is 928 g/mol. The Morgan fingerprint density at radius 3 is 1.37 bits per heavy atom. The molecule has 3 unspecified atom stereocenters. The SMILES string of the molecule is CC/C=C\C/C=C\C/C=C\C/C=C\C/C=C\C/C=C\CCC(=O)OC(/C=C/CCCCCCCCCCC)C(COP(=O)(O)OCC[N+](C)(C)C)NC(=O)CCC/C=C\C/C=C\C/C=C\C/C=C\CCCCC. The van der Waals surface area contributed by atoms with Crippen molar-refractivity contribution in [3.63, 3.8) is 0 Å². The minimum atomic E-state index is -4.48. The van der Waals surface area contributed by atoms with Gasteiger partial charge < -0.3 is 19.4 Å². The summed E-state index contributed by atoms with van der Waals surface area (Å²) in [5.74, 6) is -0.682. The van der Waals surface area contributed by atoms with Crippen LogP contribution in [-0.2, 0) is 27.9 Å². The zero-order chi connectivity index (χ0) is 53.6. The van der Waals surface area contributed by atoms with E-state index < -0.39 is 25.9 Å². The van der Waals surface area contributed by atoms with Crippen molar-refractivity contribution in [2.75, 3.05) is 40.9 Å². The molecule has 73 heavy (non-hydrogen) atoms. The summed E-state index contributed by atoms with van der Waals surface area (Å²) in [5, 5.41) is 2.99. The molecule has 9 nitrogen and oxygen atoms in total. The summed E-state index contributed by atoms with van der Waals surface area (Å²) in [6.45, 7) is 6.73. The van der Waals surface area contributed by atoms with Crippen molar-refractivity contribution in [1.82, 2.24) is 5.32 Å². The number of quaternary nitrogens is 1. The van der Waals surface area contributed by atoms with E-state index in [1.54, 1.807) is 6.08 Å². The second-order valence-corrected chi connectivity index (χ2v) is 21.2. The van der Waals surface area contributed by atoms with E-state index in [1.165, 1.54) is 70.6 Å². The van der Waals surface area contributed by atoms with Crippen LogP contribution in [0.2, 0.25) is 0 Å². The average molecular weight is 1030 g/mol. The Balaban J connectivity index is 5.55. The molecule has 0 aromatic heterocycles. The number of hydrogen-bond acceptors (Lipinski definition) is 6. The molecular formula is C63H106N2O7P+. The Morgan fingerprint density at radius 2 is 0.890 bits per heavy atom. The van der Waals surface area contributed by atoms with Crippen LogP contribution in [-0.4, -0.2) is 74.3 Å². The van der Waals surface area contributed by atoms with Gasteiger partial charge in [0.25, 0.3) is 0 Å². The Bertz CT molecular complexity index is 1710. The maximum Gasteiger partial charge on any atom is 0.472 e. The van der Waals surface area contributed by atoms with Crippen molar-refractivity contribution in [2.24, 2.45) is 0 Å². The van der Waals surface area contributed by atoms with Crippen molar-refractivity contribution in [2.45, 2.75) is 213 Å². The fraction of sp³-hybridized carbons (Fsp3) is 0.619. The van der Waals surface area contributed by atoms with Gasteiger partial charge in [0.15, 0.2) is 0 Å². The van der Waals surface area contributed by atoms with Gasteiger partial charge in [0.1, 0.15) is 19.3 Å². The summed E-state index contributed by atoms with van der Waals surface area (Å²) in [4.78, 5) is 37.5. The van der Waals surface area contributed by atoms with Crippen LogP contribution < -0.4 is 5.32 Å². The number of nitrogens with one attached hydrogen (secondary N) is 1. The van der Waals surface area contributed by atoms with Crippen LogP contribution in [0.3, 0.4) is 0 Å². The number of phosphoric ester groups is 1. The van der Waals surface area contributed by atoms with Gasteiger partial charge in [-0.15, -0.1) is 0 Å². The Hall–Kier alpha value is -3.85. The smallest absolute Gasteiger partial charge is 0.456 e. The first kappa shape index (κ1) is 69.2. The van der Waals surface area contributed by atoms with E-state index in [0.717, 1.165) is 83.5 Å². The van der Waals surface area contributed by atoms with Crippen molar-refractivity contribution in [3.05, 3.63) is 134 Å². The maximum atomic E-state index is 13.5. The molecule has 0 aromatic carbocycles. The zero-order valence-electron chi connectivity index (χ0n) is 47.1. The van der Waals surface area contributed by atoms with Gasteiger partial charge in [0, 0.05) is 12.8 Å². The van der Waals surface area contributed by atoms with E-state index in [1.807, 2.05) is 39.4 Å². The Kier molecular flexibility index (Phi) is 48.9. The normalized spacial score (nSPS) is 14.8. The number of likely N-dealkylation sites (N-methyl/N-ethyl adjacent to an activating group) is 1. The fourth-order valence-corrected chi connectivity index (χ4v) is 7.93. The molecule has 0 heterocycles. The van der Waals surface area contributed by atoms with E-state index in [9.17, 15) is 19.0 Å². The summed E-state index contributed by atoms with van der Waals surface area (Å²) >= 11 is 0. The van der Waals surface area contributed by atoms with Gasteiger partial charge in [-0.05, 0) is 109 Å². The maximum absolute atomic E-state index is 13.5. The highest BCUT2D eigenvalue weighted by Gasteiger charge is 2.30. The van der Waals surface area contributed by atoms with Crippen molar-refractivity contribution in [3.8, 4) is 0 Å². The van der Waals surface area contributed by atoms with Crippen molar-refractivity contribution >= 4 is 19.7 Å². The zero-order valence-corrected chi connectivity index (χ0v) is 48.0. The molecule has 0 fully saturated rings. The molecule has 0 spiro atoms. The lowest BCUT2D eigenvalue weighted by molar-refractivity contribution is -0.870. The van der Waals surface area contributed by atoms with Crippen molar-refractivity contribution < 1.29 is 37.3 Å². The third-order valence-electron chi connectivity index (χ3n) is 11.6. The molecule has 0 aromatic rings. The highest BCUT2D eigenvalue weighted by molar-refractivity contribution is 7.47. The molecule has 2 N–H and O–H groups in total. The lowest BCUT2D eigenvalue weighted by Crippen LogP contribution is -2.47. The molecule has 0 aliphatic rings. The molecule has 0 bridgehead atoms. The predicted molar refractivity (Wildman–Crippen MR) is 313 cm³/mol. The molecule has 10 heteroatoms. The molecule has 1 amide bonds. The highest BCUT2D eigenvalue weighted by Crippen LogP contribution is 2.43. The van der Waals surface area contributed by atoms with Gasteiger partial charge in [0.05, 0.1) is 33.8 Å². The first-order valence-electron chi connectivity index (χ1n) is 28.5. The predicted octanol–water partition coefficient (Wildman–Crippen LogP) is 17.3. The summed E-state index contributed by atoms with van der Waals surface area (Å²) in [6, 6.07) is -0.916. The molecule has 0 rings (SSSR count). The number of unbranched alkanes of at least 4 members (excludes halogenated alkanes) is 13. The van der Waals surface area contributed by atoms with Gasteiger partial charge >= 0.3 is 13.8 Å². The summed E-state index contributed by atoms with van der Waals surface area (Å²) in [6.07, 6.45) is 73.3. The number of amides is 1. The third-order valence-corrected chi connectivity index (χ3v) is 12.6. The van der Waals surface area contributed by atoms with Gasteiger partial charge in [-0.1, -0.05) is 213 Å². The van der Waals surface area contributed by atoms with Crippen LogP contribution in [0.15, 0.2) is 134 Å². The summed E-state index contributed by atoms with van der Waals surface area (Å²) < 4.78 is 30.5. The van der Waals surface area contributed by atoms with E-state index in [4.69, 9.17) is 13.8 Å². The number of rotatable bonds is 49. The van der Waals surface area contributed by atoms with E-state index in [2.05, 4.69) is 135 Å². The summed E-state index contributed by atoms with van der Waals surface area (Å²) in [5.41, 5.74) is 0. The van der Waals surface area contributed by atoms with Gasteiger partial charge in [0.2, 0.25) is 5.91 Å². The van der Waals surface area contributed by atoms with Gasteiger partial charge in [-0.3, -0.25) is 18.6 Å². The first-order valence-corrected chi connectivity index (χ1v) is 30.0.